The van der Waals surface area contributed by atoms with Gasteiger partial charge in [0.2, 0.25) is 0 Å². The van der Waals surface area contributed by atoms with Crippen molar-refractivity contribution in [3.8, 4) is 6.07 Å². The molecule has 0 aliphatic carbocycles. The zero-order chi connectivity index (χ0) is 13.8. The molecule has 94 valence electrons. The molecule has 4 nitrogen and oxygen atoms in total. The van der Waals surface area contributed by atoms with Gasteiger partial charge in [-0.05, 0) is 31.2 Å². The molecule has 0 fully saturated rings. The summed E-state index contributed by atoms with van der Waals surface area (Å²) in [4.78, 5) is 12.2. The van der Waals surface area contributed by atoms with Crippen LogP contribution in [-0.4, -0.2) is 5.91 Å². The number of nitrogens with two attached hydrogens (primary N) is 1. The third kappa shape index (κ3) is 2.72. The van der Waals surface area contributed by atoms with E-state index in [0.717, 1.165) is 5.56 Å². The number of amides is 1. The SMILES string of the molecule is Cc1ccc(N)c(C(=O)Nc2ccccc2C#N)c1. The molecule has 0 aliphatic rings. The normalized spacial score (nSPS) is 9.68. The van der Waals surface area contributed by atoms with E-state index in [9.17, 15) is 4.79 Å². The summed E-state index contributed by atoms with van der Waals surface area (Å²) in [6.45, 7) is 1.89. The summed E-state index contributed by atoms with van der Waals surface area (Å²) in [5, 5.41) is 11.7. The van der Waals surface area contributed by atoms with Crippen LogP contribution < -0.4 is 11.1 Å². The summed E-state index contributed by atoms with van der Waals surface area (Å²) in [6.07, 6.45) is 0. The van der Waals surface area contributed by atoms with Gasteiger partial charge in [-0.1, -0.05) is 23.8 Å². The maximum absolute atomic E-state index is 12.2. The van der Waals surface area contributed by atoms with Crippen molar-refractivity contribution in [2.75, 3.05) is 11.1 Å². The van der Waals surface area contributed by atoms with Crippen LogP contribution in [0.1, 0.15) is 21.5 Å². The number of benzene rings is 2. The van der Waals surface area contributed by atoms with E-state index < -0.39 is 0 Å². The molecule has 0 aliphatic heterocycles. The Morgan fingerprint density at radius 2 is 2.00 bits per heavy atom. The number of nitrogens with one attached hydrogen (secondary N) is 1. The molecule has 0 bridgehead atoms. The predicted octanol–water partition coefficient (Wildman–Crippen LogP) is 2.70. The second kappa shape index (κ2) is 5.23. The fraction of sp³-hybridized carbons (Fsp3) is 0.0667. The van der Waals surface area contributed by atoms with Gasteiger partial charge in [-0.3, -0.25) is 4.79 Å². The fourth-order valence-electron chi connectivity index (χ4n) is 1.75. The standard InChI is InChI=1S/C15H13N3O/c1-10-6-7-13(17)12(8-10)15(19)18-14-5-3-2-4-11(14)9-16/h2-8H,17H2,1H3,(H,18,19). The number of nitriles is 1. The van der Waals surface area contributed by atoms with Crippen LogP contribution in [0.5, 0.6) is 0 Å². The van der Waals surface area contributed by atoms with Gasteiger partial charge < -0.3 is 11.1 Å². The van der Waals surface area contributed by atoms with Crippen molar-refractivity contribution in [3.05, 3.63) is 59.2 Å². The molecule has 3 N–H and O–H groups in total. The molecule has 0 saturated carbocycles. The number of hydrogen-bond acceptors (Lipinski definition) is 3. The van der Waals surface area contributed by atoms with Crippen molar-refractivity contribution >= 4 is 17.3 Å². The van der Waals surface area contributed by atoms with E-state index in [0.29, 0.717) is 22.5 Å². The molecule has 0 heterocycles. The van der Waals surface area contributed by atoms with E-state index in [1.165, 1.54) is 0 Å². The minimum Gasteiger partial charge on any atom is -0.398 e. The molecule has 0 aromatic heterocycles. The molecular formula is C15H13N3O. The third-order valence-corrected chi connectivity index (χ3v) is 2.75. The lowest BCUT2D eigenvalue weighted by molar-refractivity contribution is 0.102. The second-order valence-electron chi connectivity index (χ2n) is 4.20. The van der Waals surface area contributed by atoms with Gasteiger partial charge in [-0.2, -0.15) is 5.26 Å². The van der Waals surface area contributed by atoms with E-state index in [1.54, 1.807) is 36.4 Å². The molecular weight excluding hydrogens is 238 g/mol. The van der Waals surface area contributed by atoms with Gasteiger partial charge in [0.1, 0.15) is 6.07 Å². The molecule has 1 amide bonds. The minimum atomic E-state index is -0.316. The lowest BCUT2D eigenvalue weighted by Crippen LogP contribution is -2.15. The lowest BCUT2D eigenvalue weighted by Gasteiger charge is -2.09. The zero-order valence-electron chi connectivity index (χ0n) is 10.5. The van der Waals surface area contributed by atoms with Gasteiger partial charge in [0.05, 0.1) is 16.8 Å². The smallest absolute Gasteiger partial charge is 0.257 e. The quantitative estimate of drug-likeness (QED) is 0.805. The van der Waals surface area contributed by atoms with E-state index in [-0.39, 0.29) is 5.91 Å². The lowest BCUT2D eigenvalue weighted by atomic mass is 10.1. The highest BCUT2D eigenvalue weighted by Gasteiger charge is 2.11. The predicted molar refractivity (Wildman–Crippen MR) is 74.7 cm³/mol. The summed E-state index contributed by atoms with van der Waals surface area (Å²) in [7, 11) is 0. The second-order valence-corrected chi connectivity index (χ2v) is 4.20. The van der Waals surface area contributed by atoms with Gasteiger partial charge in [0.15, 0.2) is 0 Å². The van der Waals surface area contributed by atoms with Gasteiger partial charge in [0.25, 0.3) is 5.91 Å². The highest BCUT2D eigenvalue weighted by atomic mass is 16.1. The van der Waals surface area contributed by atoms with Crippen molar-refractivity contribution in [2.24, 2.45) is 0 Å². The molecule has 19 heavy (non-hydrogen) atoms. The van der Waals surface area contributed by atoms with Crippen LogP contribution in [0.2, 0.25) is 0 Å². The van der Waals surface area contributed by atoms with Crippen molar-refractivity contribution in [3.63, 3.8) is 0 Å². The molecule has 0 spiro atoms. The Morgan fingerprint density at radius 1 is 1.26 bits per heavy atom. The Bertz CT molecular complexity index is 671. The third-order valence-electron chi connectivity index (χ3n) is 2.75. The average molecular weight is 251 g/mol. The maximum Gasteiger partial charge on any atom is 0.257 e. The van der Waals surface area contributed by atoms with Crippen LogP contribution in [0.15, 0.2) is 42.5 Å². The molecule has 0 saturated heterocycles. The van der Waals surface area contributed by atoms with Crippen LogP contribution >= 0.6 is 0 Å². The Morgan fingerprint density at radius 3 is 2.74 bits per heavy atom. The van der Waals surface area contributed by atoms with Crippen molar-refractivity contribution in [2.45, 2.75) is 6.92 Å². The van der Waals surface area contributed by atoms with Crippen LogP contribution in [0, 0.1) is 18.3 Å². The summed E-state index contributed by atoms with van der Waals surface area (Å²) in [6, 6.07) is 14.1. The molecule has 2 rings (SSSR count). The topological polar surface area (TPSA) is 78.9 Å². The number of anilines is 2. The molecule has 2 aromatic carbocycles. The van der Waals surface area contributed by atoms with Crippen molar-refractivity contribution < 1.29 is 4.79 Å². The number of rotatable bonds is 2. The first-order valence-corrected chi connectivity index (χ1v) is 5.78. The Balaban J connectivity index is 2.31. The van der Waals surface area contributed by atoms with E-state index in [4.69, 9.17) is 11.0 Å². The van der Waals surface area contributed by atoms with Crippen molar-refractivity contribution in [1.82, 2.24) is 0 Å². The molecule has 2 aromatic rings. The minimum absolute atomic E-state index is 0.316. The monoisotopic (exact) mass is 251 g/mol. The highest BCUT2D eigenvalue weighted by molar-refractivity contribution is 6.08. The summed E-state index contributed by atoms with van der Waals surface area (Å²) >= 11 is 0. The zero-order valence-corrected chi connectivity index (χ0v) is 10.5. The first-order chi connectivity index (χ1) is 9.11. The average Bonchev–Trinajstić information content (AvgIpc) is 2.42. The number of aryl methyl sites for hydroxylation is 1. The summed E-state index contributed by atoms with van der Waals surface area (Å²) < 4.78 is 0. The van der Waals surface area contributed by atoms with Gasteiger partial charge >= 0.3 is 0 Å². The molecule has 0 radical (unpaired) electrons. The van der Waals surface area contributed by atoms with Crippen molar-refractivity contribution in [1.29, 1.82) is 5.26 Å². The Labute approximate surface area is 111 Å². The van der Waals surface area contributed by atoms with Crippen LogP contribution in [-0.2, 0) is 0 Å². The number of carbonyl (C=O) groups excluding carboxylic acids is 1. The van der Waals surface area contributed by atoms with Gasteiger partial charge in [-0.25, -0.2) is 0 Å². The molecule has 4 heteroatoms. The first kappa shape index (κ1) is 12.7. The van der Waals surface area contributed by atoms with E-state index in [2.05, 4.69) is 5.32 Å². The Kier molecular flexibility index (Phi) is 3.48. The first-order valence-electron chi connectivity index (χ1n) is 5.78. The summed E-state index contributed by atoms with van der Waals surface area (Å²) in [5.41, 5.74) is 8.47. The van der Waals surface area contributed by atoms with Crippen LogP contribution in [0.3, 0.4) is 0 Å². The van der Waals surface area contributed by atoms with Gasteiger partial charge in [0, 0.05) is 5.69 Å². The fourth-order valence-corrected chi connectivity index (χ4v) is 1.75. The maximum atomic E-state index is 12.2. The molecule has 0 atom stereocenters. The number of hydrogen-bond donors (Lipinski definition) is 2. The number of nitrogens with zero attached hydrogens (tertiary/aromatic N) is 1. The highest BCUT2D eigenvalue weighted by Crippen LogP contribution is 2.18. The Hall–Kier alpha value is -2.80. The van der Waals surface area contributed by atoms with Crippen LogP contribution in [0.4, 0.5) is 11.4 Å². The summed E-state index contributed by atoms with van der Waals surface area (Å²) in [5.74, 6) is -0.316. The number of para-hydroxylation sites is 1. The van der Waals surface area contributed by atoms with E-state index in [1.807, 2.05) is 19.1 Å². The van der Waals surface area contributed by atoms with Gasteiger partial charge in [-0.15, -0.1) is 0 Å². The van der Waals surface area contributed by atoms with Crippen LogP contribution in [0.25, 0.3) is 0 Å². The number of carbonyl (C=O) groups is 1. The van der Waals surface area contributed by atoms with E-state index >= 15 is 0 Å². The largest absolute Gasteiger partial charge is 0.398 e. The number of nitrogen functional groups attached to an aromatic ring is 1. The molecule has 0 unspecified atom stereocenters.